The van der Waals surface area contributed by atoms with Crippen molar-refractivity contribution in [2.75, 3.05) is 13.7 Å². The minimum absolute atomic E-state index is 0.386. The zero-order chi connectivity index (χ0) is 16.4. The van der Waals surface area contributed by atoms with Crippen molar-refractivity contribution in [3.05, 3.63) is 23.8 Å². The summed E-state index contributed by atoms with van der Waals surface area (Å²) >= 11 is 0. The summed E-state index contributed by atoms with van der Waals surface area (Å²) in [5, 5.41) is 9.14. The van der Waals surface area contributed by atoms with Gasteiger partial charge in [-0.25, -0.2) is 4.79 Å². The summed E-state index contributed by atoms with van der Waals surface area (Å²) in [6.07, 6.45) is 5.47. The first-order valence-electron chi connectivity index (χ1n) is 8.36. The van der Waals surface area contributed by atoms with Gasteiger partial charge < -0.3 is 14.6 Å². The molecular formula is C18H25NO4. The van der Waals surface area contributed by atoms with Crippen molar-refractivity contribution in [1.82, 2.24) is 4.90 Å². The summed E-state index contributed by atoms with van der Waals surface area (Å²) in [6.45, 7) is 3.44. The second kappa shape index (κ2) is 6.40. The summed E-state index contributed by atoms with van der Waals surface area (Å²) in [6, 6.07) is 5.77. The molecule has 1 saturated heterocycles. The van der Waals surface area contributed by atoms with Crippen LogP contribution < -0.4 is 9.47 Å². The van der Waals surface area contributed by atoms with E-state index in [-0.39, 0.29) is 0 Å². The fraction of sp³-hybridized carbons (Fsp3) is 0.611. The molecule has 1 aromatic rings. The lowest BCUT2D eigenvalue weighted by molar-refractivity contribution is -0.144. The Kier molecular flexibility index (Phi) is 4.48. The first kappa shape index (κ1) is 16.1. The minimum atomic E-state index is -0.974. The molecular weight excluding hydrogens is 294 g/mol. The summed E-state index contributed by atoms with van der Waals surface area (Å²) in [4.78, 5) is 13.7. The first-order valence-corrected chi connectivity index (χ1v) is 8.36. The van der Waals surface area contributed by atoms with E-state index in [2.05, 4.69) is 4.90 Å². The number of carboxylic acids is 1. The van der Waals surface area contributed by atoms with Crippen LogP contribution in [0.25, 0.3) is 0 Å². The number of likely N-dealkylation sites (tertiary alicyclic amines) is 1. The lowest BCUT2D eigenvalue weighted by Gasteiger charge is -2.36. The second-order valence-electron chi connectivity index (χ2n) is 6.65. The van der Waals surface area contributed by atoms with E-state index in [9.17, 15) is 4.79 Å². The van der Waals surface area contributed by atoms with E-state index in [0.29, 0.717) is 17.0 Å². The number of para-hydroxylation sites is 1. The van der Waals surface area contributed by atoms with Crippen LogP contribution in [0.3, 0.4) is 0 Å². The van der Waals surface area contributed by atoms with Gasteiger partial charge in [0.2, 0.25) is 0 Å². The molecule has 23 heavy (non-hydrogen) atoms. The Hall–Kier alpha value is -1.75. The van der Waals surface area contributed by atoms with Gasteiger partial charge in [-0.1, -0.05) is 18.6 Å². The molecule has 126 valence electrons. The molecule has 2 fully saturated rings. The van der Waals surface area contributed by atoms with E-state index < -0.39 is 12.1 Å². The van der Waals surface area contributed by atoms with E-state index in [0.717, 1.165) is 18.7 Å². The van der Waals surface area contributed by atoms with Crippen LogP contribution in [0.1, 0.15) is 44.6 Å². The Morgan fingerprint density at radius 2 is 2.13 bits per heavy atom. The number of ether oxygens (including phenoxy) is 2. The normalized spacial score (nSPS) is 21.0. The third kappa shape index (κ3) is 3.29. The molecule has 1 aliphatic carbocycles. The van der Waals surface area contributed by atoms with Crippen LogP contribution in [0.15, 0.2) is 18.2 Å². The van der Waals surface area contributed by atoms with Gasteiger partial charge in [0.1, 0.15) is 0 Å². The van der Waals surface area contributed by atoms with Crippen molar-refractivity contribution in [3.63, 3.8) is 0 Å². The lowest BCUT2D eigenvalue weighted by Crippen LogP contribution is -2.41. The number of rotatable bonds is 6. The van der Waals surface area contributed by atoms with E-state index in [1.54, 1.807) is 14.0 Å². The molecule has 0 unspecified atom stereocenters. The fourth-order valence-electron chi connectivity index (χ4n) is 3.52. The Morgan fingerprint density at radius 3 is 2.78 bits per heavy atom. The Morgan fingerprint density at radius 1 is 1.35 bits per heavy atom. The molecule has 1 aromatic carbocycles. The van der Waals surface area contributed by atoms with Crippen molar-refractivity contribution < 1.29 is 19.4 Å². The molecule has 1 heterocycles. The van der Waals surface area contributed by atoms with Crippen LogP contribution in [-0.4, -0.2) is 41.3 Å². The van der Waals surface area contributed by atoms with Crippen LogP contribution in [-0.2, 0) is 11.3 Å². The average Bonchev–Trinajstić information content (AvgIpc) is 3.31. The van der Waals surface area contributed by atoms with Crippen molar-refractivity contribution in [3.8, 4) is 11.5 Å². The molecule has 5 nitrogen and oxygen atoms in total. The van der Waals surface area contributed by atoms with Crippen LogP contribution in [0, 0.1) is 0 Å². The number of benzene rings is 1. The van der Waals surface area contributed by atoms with E-state index in [1.165, 1.54) is 32.1 Å². The van der Waals surface area contributed by atoms with Crippen molar-refractivity contribution in [2.45, 2.75) is 57.2 Å². The number of hydrogen-bond acceptors (Lipinski definition) is 4. The third-order valence-corrected chi connectivity index (χ3v) is 5.10. The maximum Gasteiger partial charge on any atom is 0.344 e. The predicted molar refractivity (Wildman–Crippen MR) is 86.9 cm³/mol. The number of aliphatic carboxylic acids is 1. The van der Waals surface area contributed by atoms with Crippen molar-refractivity contribution in [1.29, 1.82) is 0 Å². The SMILES string of the molecule is COc1cccc(CN2CCCCC23CC3)c1O[C@H](C)C(=O)O. The Balaban J connectivity index is 1.84. The molecule has 0 aromatic heterocycles. The summed E-state index contributed by atoms with van der Waals surface area (Å²) in [5.41, 5.74) is 1.39. The predicted octanol–water partition coefficient (Wildman–Crippen LogP) is 3.07. The summed E-state index contributed by atoms with van der Waals surface area (Å²) in [7, 11) is 1.58. The molecule has 3 rings (SSSR count). The molecule has 0 radical (unpaired) electrons. The van der Waals surface area contributed by atoms with Crippen LogP contribution in [0.4, 0.5) is 0 Å². The molecule has 1 atom stereocenters. The van der Waals surface area contributed by atoms with Gasteiger partial charge in [0.15, 0.2) is 17.6 Å². The highest BCUT2D eigenvalue weighted by atomic mass is 16.5. The topological polar surface area (TPSA) is 59.0 Å². The van der Waals surface area contributed by atoms with Gasteiger partial charge in [-0.2, -0.15) is 0 Å². The molecule has 2 aliphatic rings. The zero-order valence-electron chi connectivity index (χ0n) is 13.9. The quantitative estimate of drug-likeness (QED) is 0.873. The lowest BCUT2D eigenvalue weighted by atomic mass is 9.99. The maximum atomic E-state index is 11.1. The van der Waals surface area contributed by atoms with Crippen LogP contribution in [0.2, 0.25) is 0 Å². The Labute approximate surface area is 137 Å². The molecule has 0 bridgehead atoms. The van der Waals surface area contributed by atoms with Crippen molar-refractivity contribution >= 4 is 5.97 Å². The fourth-order valence-corrected chi connectivity index (χ4v) is 3.52. The van der Waals surface area contributed by atoms with E-state index in [1.807, 2.05) is 18.2 Å². The van der Waals surface area contributed by atoms with Crippen LogP contribution in [0.5, 0.6) is 11.5 Å². The number of carbonyl (C=O) groups is 1. The van der Waals surface area contributed by atoms with Gasteiger partial charge in [-0.15, -0.1) is 0 Å². The van der Waals surface area contributed by atoms with Gasteiger partial charge in [-0.05, 0) is 45.2 Å². The highest BCUT2D eigenvalue weighted by Crippen LogP contribution is 2.49. The van der Waals surface area contributed by atoms with Gasteiger partial charge in [0.05, 0.1) is 7.11 Å². The number of methoxy groups -OCH3 is 1. The van der Waals surface area contributed by atoms with E-state index >= 15 is 0 Å². The van der Waals surface area contributed by atoms with Gasteiger partial charge >= 0.3 is 5.97 Å². The standard InChI is InChI=1S/C18H25NO4/c1-13(17(20)21)23-16-14(6-5-7-15(16)22-2)12-19-11-4-3-8-18(19)9-10-18/h5-7,13H,3-4,8-12H2,1-2H3,(H,20,21)/t13-/m1/s1. The van der Waals surface area contributed by atoms with Crippen molar-refractivity contribution in [2.24, 2.45) is 0 Å². The number of piperidine rings is 1. The number of hydrogen-bond donors (Lipinski definition) is 1. The summed E-state index contributed by atoms with van der Waals surface area (Å²) in [5.74, 6) is 0.183. The molecule has 1 saturated carbocycles. The molecule has 5 heteroatoms. The highest BCUT2D eigenvalue weighted by Gasteiger charge is 2.48. The smallest absolute Gasteiger partial charge is 0.344 e. The first-order chi connectivity index (χ1) is 11.1. The average molecular weight is 319 g/mol. The third-order valence-electron chi connectivity index (χ3n) is 5.10. The number of carboxylic acid groups (broad SMARTS) is 1. The monoisotopic (exact) mass is 319 g/mol. The summed E-state index contributed by atoms with van der Waals surface area (Å²) < 4.78 is 11.1. The zero-order valence-corrected chi connectivity index (χ0v) is 13.9. The molecule has 1 N–H and O–H groups in total. The van der Waals surface area contributed by atoms with E-state index in [4.69, 9.17) is 14.6 Å². The van der Waals surface area contributed by atoms with Gasteiger partial charge in [0.25, 0.3) is 0 Å². The molecule has 1 aliphatic heterocycles. The molecule has 1 spiro atoms. The highest BCUT2D eigenvalue weighted by molar-refractivity contribution is 5.72. The molecule has 0 amide bonds. The minimum Gasteiger partial charge on any atom is -0.493 e. The second-order valence-corrected chi connectivity index (χ2v) is 6.65. The van der Waals surface area contributed by atoms with Crippen LogP contribution >= 0.6 is 0 Å². The van der Waals surface area contributed by atoms with Gasteiger partial charge in [0, 0.05) is 17.6 Å². The van der Waals surface area contributed by atoms with Gasteiger partial charge in [-0.3, -0.25) is 4.90 Å². The largest absolute Gasteiger partial charge is 0.493 e. The number of nitrogens with zero attached hydrogens (tertiary/aromatic N) is 1. The maximum absolute atomic E-state index is 11.1. The Bertz CT molecular complexity index is 582.